The van der Waals surface area contributed by atoms with Gasteiger partial charge in [-0.2, -0.15) is 0 Å². The first-order valence-corrected chi connectivity index (χ1v) is 12.4. The number of aryl methyl sites for hydroxylation is 1. The maximum atomic E-state index is 2.43. The summed E-state index contributed by atoms with van der Waals surface area (Å²) in [5.41, 5.74) is 12.3. The molecule has 0 saturated carbocycles. The third-order valence-electron chi connectivity index (χ3n) is 7.75. The molecular formula is C32H20S. The van der Waals surface area contributed by atoms with Gasteiger partial charge in [0.25, 0.3) is 0 Å². The molecule has 1 aromatic heterocycles. The first kappa shape index (κ1) is 17.8. The topological polar surface area (TPSA) is 0 Å². The fourth-order valence-electron chi connectivity index (χ4n) is 6.52. The molecule has 1 unspecified atom stereocenters. The van der Waals surface area contributed by atoms with Crippen LogP contribution >= 0.6 is 11.3 Å². The van der Waals surface area contributed by atoms with Crippen molar-refractivity contribution in [1.29, 1.82) is 0 Å². The van der Waals surface area contributed by atoms with E-state index in [2.05, 4.69) is 110 Å². The summed E-state index contributed by atoms with van der Waals surface area (Å²) in [6.45, 7) is 2.22. The molecule has 2 aliphatic carbocycles. The van der Waals surface area contributed by atoms with Crippen LogP contribution < -0.4 is 0 Å². The summed E-state index contributed by atoms with van der Waals surface area (Å²) >= 11 is 1.94. The quantitative estimate of drug-likeness (QED) is 0.223. The molecule has 0 bridgehead atoms. The maximum Gasteiger partial charge on any atom is 0.0726 e. The molecule has 1 atom stereocenters. The minimum atomic E-state index is -0.256. The second kappa shape index (κ2) is 6.01. The third kappa shape index (κ3) is 1.99. The van der Waals surface area contributed by atoms with E-state index < -0.39 is 0 Å². The van der Waals surface area contributed by atoms with Gasteiger partial charge in [-0.05, 0) is 51.9 Å². The molecule has 33 heavy (non-hydrogen) atoms. The van der Waals surface area contributed by atoms with E-state index in [0.717, 1.165) is 0 Å². The van der Waals surface area contributed by atoms with Crippen molar-refractivity contribution < 1.29 is 0 Å². The van der Waals surface area contributed by atoms with Gasteiger partial charge in [-0.15, -0.1) is 11.3 Å². The predicted octanol–water partition coefficient (Wildman–Crippen LogP) is 8.71. The van der Waals surface area contributed by atoms with Crippen LogP contribution in [0.2, 0.25) is 0 Å². The molecule has 1 heterocycles. The number of fused-ring (bicyclic) bond motifs is 14. The second-order valence-corrected chi connectivity index (χ2v) is 10.4. The van der Waals surface area contributed by atoms with Crippen LogP contribution in [-0.4, -0.2) is 0 Å². The van der Waals surface area contributed by atoms with Crippen molar-refractivity contribution in [1.82, 2.24) is 0 Å². The van der Waals surface area contributed by atoms with E-state index in [4.69, 9.17) is 0 Å². The lowest BCUT2D eigenvalue weighted by atomic mass is 9.70. The molecule has 5 aromatic carbocycles. The summed E-state index contributed by atoms with van der Waals surface area (Å²) in [5.74, 6) is 0. The third-order valence-corrected chi connectivity index (χ3v) is 8.96. The van der Waals surface area contributed by atoms with Gasteiger partial charge in [-0.25, -0.2) is 0 Å². The summed E-state index contributed by atoms with van der Waals surface area (Å²) in [4.78, 5) is 0. The Morgan fingerprint density at radius 1 is 0.545 bits per heavy atom. The molecule has 0 amide bonds. The average molecular weight is 437 g/mol. The Kier molecular flexibility index (Phi) is 3.24. The van der Waals surface area contributed by atoms with E-state index in [1.165, 1.54) is 70.2 Å². The molecule has 6 aromatic rings. The summed E-state index contributed by atoms with van der Waals surface area (Å²) < 4.78 is 2.78. The fourth-order valence-corrected chi connectivity index (χ4v) is 7.78. The molecule has 2 aliphatic rings. The van der Waals surface area contributed by atoms with Crippen molar-refractivity contribution >= 4 is 31.5 Å². The van der Waals surface area contributed by atoms with E-state index in [1.807, 2.05) is 11.3 Å². The highest BCUT2D eigenvalue weighted by Crippen LogP contribution is 2.64. The molecule has 0 aliphatic heterocycles. The molecule has 0 nitrogen and oxygen atoms in total. The molecule has 0 saturated heterocycles. The highest BCUT2D eigenvalue weighted by atomic mass is 32.1. The Bertz CT molecular complexity index is 1780. The van der Waals surface area contributed by atoms with Crippen molar-refractivity contribution in [3.8, 4) is 22.3 Å². The van der Waals surface area contributed by atoms with Gasteiger partial charge in [0.05, 0.1) is 5.41 Å². The first-order chi connectivity index (χ1) is 16.3. The predicted molar refractivity (Wildman–Crippen MR) is 140 cm³/mol. The largest absolute Gasteiger partial charge is 0.135 e. The molecule has 0 fully saturated rings. The lowest BCUT2D eigenvalue weighted by molar-refractivity contribution is 0.793. The van der Waals surface area contributed by atoms with Gasteiger partial charge in [0.1, 0.15) is 0 Å². The van der Waals surface area contributed by atoms with Gasteiger partial charge in [0.2, 0.25) is 0 Å². The highest BCUT2D eigenvalue weighted by molar-refractivity contribution is 7.26. The van der Waals surface area contributed by atoms with Crippen LogP contribution in [0.25, 0.3) is 42.4 Å². The van der Waals surface area contributed by atoms with Gasteiger partial charge in [-0.3, -0.25) is 0 Å². The standard InChI is InChI=1S/C32H20S/c1-19-14-15-21-20-8-2-5-11-25(20)32(28(21)18-19)26-12-6-3-10-24(26)30-27(32)17-16-23-22-9-4-7-13-29(22)33-31(23)30/h2-18H,1H3. The zero-order chi connectivity index (χ0) is 21.7. The Hall–Kier alpha value is -3.68. The van der Waals surface area contributed by atoms with Crippen LogP contribution in [0.4, 0.5) is 0 Å². The smallest absolute Gasteiger partial charge is 0.0726 e. The van der Waals surface area contributed by atoms with Crippen LogP contribution in [0.15, 0.2) is 103 Å². The molecule has 0 N–H and O–H groups in total. The van der Waals surface area contributed by atoms with Crippen molar-refractivity contribution in [3.63, 3.8) is 0 Å². The van der Waals surface area contributed by atoms with E-state index >= 15 is 0 Å². The Morgan fingerprint density at radius 2 is 1.24 bits per heavy atom. The Morgan fingerprint density at radius 3 is 2.12 bits per heavy atom. The van der Waals surface area contributed by atoms with Gasteiger partial charge in [0.15, 0.2) is 0 Å². The summed E-state index contributed by atoms with van der Waals surface area (Å²) in [6, 6.07) is 38.8. The van der Waals surface area contributed by atoms with Crippen LogP contribution in [0.1, 0.15) is 27.8 Å². The van der Waals surface area contributed by atoms with Crippen molar-refractivity contribution in [3.05, 3.63) is 131 Å². The number of hydrogen-bond acceptors (Lipinski definition) is 1. The van der Waals surface area contributed by atoms with Gasteiger partial charge < -0.3 is 0 Å². The summed E-state index contributed by atoms with van der Waals surface area (Å²) in [7, 11) is 0. The van der Waals surface area contributed by atoms with Gasteiger partial charge >= 0.3 is 0 Å². The van der Waals surface area contributed by atoms with E-state index in [-0.39, 0.29) is 5.41 Å². The van der Waals surface area contributed by atoms with Crippen LogP contribution in [0.3, 0.4) is 0 Å². The van der Waals surface area contributed by atoms with E-state index in [9.17, 15) is 0 Å². The fraction of sp³-hybridized carbons (Fsp3) is 0.0625. The minimum absolute atomic E-state index is 0.256. The molecule has 1 heteroatoms. The van der Waals surface area contributed by atoms with Crippen molar-refractivity contribution in [2.75, 3.05) is 0 Å². The molecule has 1 spiro atoms. The lowest BCUT2D eigenvalue weighted by Crippen LogP contribution is -2.25. The number of hydrogen-bond donors (Lipinski definition) is 0. The maximum absolute atomic E-state index is 2.43. The Balaban J connectivity index is 1.62. The van der Waals surface area contributed by atoms with E-state index in [0.29, 0.717) is 0 Å². The van der Waals surface area contributed by atoms with Gasteiger partial charge in [0, 0.05) is 25.7 Å². The highest BCUT2D eigenvalue weighted by Gasteiger charge is 2.52. The zero-order valence-corrected chi connectivity index (χ0v) is 19.0. The summed E-state index contributed by atoms with van der Waals surface area (Å²) in [5, 5.41) is 2.73. The monoisotopic (exact) mass is 436 g/mol. The van der Waals surface area contributed by atoms with Gasteiger partial charge in [-0.1, -0.05) is 103 Å². The zero-order valence-electron chi connectivity index (χ0n) is 18.2. The second-order valence-electron chi connectivity index (χ2n) is 9.35. The lowest BCUT2D eigenvalue weighted by Gasteiger charge is -2.30. The van der Waals surface area contributed by atoms with Crippen LogP contribution in [-0.2, 0) is 5.41 Å². The molecule has 154 valence electrons. The minimum Gasteiger partial charge on any atom is -0.135 e. The summed E-state index contributed by atoms with van der Waals surface area (Å²) in [6.07, 6.45) is 0. The van der Waals surface area contributed by atoms with Crippen LogP contribution in [0.5, 0.6) is 0 Å². The number of benzene rings is 5. The first-order valence-electron chi connectivity index (χ1n) is 11.5. The molecule has 0 radical (unpaired) electrons. The van der Waals surface area contributed by atoms with Crippen molar-refractivity contribution in [2.24, 2.45) is 0 Å². The van der Waals surface area contributed by atoms with Crippen molar-refractivity contribution in [2.45, 2.75) is 12.3 Å². The Labute approximate surface area is 196 Å². The van der Waals surface area contributed by atoms with E-state index in [1.54, 1.807) is 0 Å². The SMILES string of the molecule is Cc1ccc2c(c1)C1(c3ccccc3-2)c2ccccc2-c2c1ccc1c2sc2ccccc21. The molecule has 8 rings (SSSR count). The number of thiophene rings is 1. The van der Waals surface area contributed by atoms with Crippen LogP contribution in [0, 0.1) is 6.92 Å². The normalized spacial score (nSPS) is 17.4. The number of rotatable bonds is 0. The molecular weight excluding hydrogens is 416 g/mol. The average Bonchev–Trinajstić information content (AvgIpc) is 3.47.